The minimum atomic E-state index is -0.981. The van der Waals surface area contributed by atoms with Crippen molar-refractivity contribution >= 4 is 50.2 Å². The van der Waals surface area contributed by atoms with Crippen molar-refractivity contribution in [1.82, 2.24) is 9.55 Å². The van der Waals surface area contributed by atoms with Crippen molar-refractivity contribution < 1.29 is 15.3 Å². The maximum atomic E-state index is 10.2. The van der Waals surface area contributed by atoms with Gasteiger partial charge in [0.15, 0.2) is 4.73 Å². The molecule has 1 aliphatic rings. The largest absolute Gasteiger partial charge is 0.396 e. The SMILES string of the molecule is OCC1C[C@H](n2c(Br)nc3cc(Cl)c(Cl)cc32)C(O)C1O. The lowest BCUT2D eigenvalue weighted by molar-refractivity contribution is -0.00386. The fourth-order valence-corrected chi connectivity index (χ4v) is 3.87. The fraction of sp³-hybridized carbons (Fsp3) is 0.462. The topological polar surface area (TPSA) is 78.5 Å². The van der Waals surface area contributed by atoms with E-state index in [0.29, 0.717) is 32.2 Å². The van der Waals surface area contributed by atoms with E-state index in [1.165, 1.54) is 0 Å². The quantitative estimate of drug-likeness (QED) is 0.729. The lowest BCUT2D eigenvalue weighted by atomic mass is 10.1. The third-order valence-electron chi connectivity index (χ3n) is 4.03. The number of halogens is 3. The third kappa shape index (κ3) is 2.48. The molecule has 0 spiro atoms. The zero-order valence-electron chi connectivity index (χ0n) is 10.7. The van der Waals surface area contributed by atoms with Crippen molar-refractivity contribution in [2.45, 2.75) is 24.7 Å². The molecule has 3 rings (SSSR count). The molecule has 1 aromatic heterocycles. The van der Waals surface area contributed by atoms with Crippen molar-refractivity contribution in [2.24, 2.45) is 5.92 Å². The number of hydrogen-bond acceptors (Lipinski definition) is 4. The highest BCUT2D eigenvalue weighted by atomic mass is 79.9. The van der Waals surface area contributed by atoms with Crippen molar-refractivity contribution in [2.75, 3.05) is 6.61 Å². The van der Waals surface area contributed by atoms with Crippen LogP contribution in [-0.4, -0.2) is 43.7 Å². The van der Waals surface area contributed by atoms with Gasteiger partial charge >= 0.3 is 0 Å². The van der Waals surface area contributed by atoms with E-state index < -0.39 is 18.2 Å². The van der Waals surface area contributed by atoms with Crippen LogP contribution in [0.1, 0.15) is 12.5 Å². The summed E-state index contributed by atoms with van der Waals surface area (Å²) in [7, 11) is 0. The molecule has 0 amide bonds. The average molecular weight is 396 g/mol. The van der Waals surface area contributed by atoms with Gasteiger partial charge in [0, 0.05) is 12.5 Å². The highest BCUT2D eigenvalue weighted by Crippen LogP contribution is 2.40. The molecule has 2 aromatic rings. The van der Waals surface area contributed by atoms with Crippen LogP contribution in [-0.2, 0) is 0 Å². The first-order valence-electron chi connectivity index (χ1n) is 6.43. The molecule has 1 aromatic carbocycles. The Bertz CT molecular complexity index is 694. The first-order valence-corrected chi connectivity index (χ1v) is 7.98. The van der Waals surface area contributed by atoms with Crippen molar-refractivity contribution in [3.63, 3.8) is 0 Å². The van der Waals surface area contributed by atoms with Gasteiger partial charge in [-0.3, -0.25) is 0 Å². The van der Waals surface area contributed by atoms with Crippen LogP contribution in [0.15, 0.2) is 16.9 Å². The third-order valence-corrected chi connectivity index (χ3v) is 5.31. The summed E-state index contributed by atoms with van der Waals surface area (Å²) in [5.41, 5.74) is 1.36. The van der Waals surface area contributed by atoms with Gasteiger partial charge in [-0.2, -0.15) is 0 Å². The summed E-state index contributed by atoms with van der Waals surface area (Å²) in [5, 5.41) is 30.3. The monoisotopic (exact) mass is 394 g/mol. The van der Waals surface area contributed by atoms with Gasteiger partial charge < -0.3 is 19.9 Å². The molecule has 5 nitrogen and oxygen atoms in total. The highest BCUT2D eigenvalue weighted by Gasteiger charge is 2.43. The van der Waals surface area contributed by atoms with E-state index in [0.717, 1.165) is 0 Å². The minimum absolute atomic E-state index is 0.175. The summed E-state index contributed by atoms with van der Waals surface area (Å²) >= 11 is 15.4. The molecule has 1 saturated carbocycles. The number of nitrogens with zero attached hydrogens (tertiary/aromatic N) is 2. The number of fused-ring (bicyclic) bond motifs is 1. The van der Waals surface area contributed by atoms with E-state index in [4.69, 9.17) is 23.2 Å². The van der Waals surface area contributed by atoms with E-state index in [9.17, 15) is 15.3 Å². The average Bonchev–Trinajstić information content (AvgIpc) is 2.89. The number of benzene rings is 1. The first-order chi connectivity index (χ1) is 9.93. The van der Waals surface area contributed by atoms with Gasteiger partial charge in [0.2, 0.25) is 0 Å². The molecule has 0 radical (unpaired) electrons. The lowest BCUT2D eigenvalue weighted by Crippen LogP contribution is -2.30. The standard InChI is InChI=1S/C13H13BrCl2N2O3/c14-13-17-8-2-6(15)7(16)3-9(8)18(13)10-1-5(4-19)11(20)12(10)21/h2-3,5,10-12,19-21H,1,4H2/t5?,10-,11?,12?/m0/s1. The zero-order valence-corrected chi connectivity index (χ0v) is 13.8. The second kappa shape index (κ2) is 5.68. The highest BCUT2D eigenvalue weighted by molar-refractivity contribution is 9.10. The predicted octanol–water partition coefficient (Wildman–Crippen LogP) is 2.38. The Morgan fingerprint density at radius 1 is 1.24 bits per heavy atom. The molecular formula is C13H13BrCl2N2O3. The number of aromatic nitrogens is 2. The molecule has 4 atom stereocenters. The Hall–Kier alpha value is -0.370. The van der Waals surface area contributed by atoms with Crippen molar-refractivity contribution in [3.8, 4) is 0 Å². The summed E-state index contributed by atoms with van der Waals surface area (Å²) in [6, 6.07) is 2.94. The predicted molar refractivity (Wildman–Crippen MR) is 83.7 cm³/mol. The molecule has 0 bridgehead atoms. The molecule has 8 heteroatoms. The van der Waals surface area contributed by atoms with Crippen LogP contribution in [0.25, 0.3) is 11.0 Å². The van der Waals surface area contributed by atoms with E-state index in [2.05, 4.69) is 20.9 Å². The van der Waals surface area contributed by atoms with Crippen LogP contribution in [0.2, 0.25) is 10.0 Å². The normalized spacial score (nSPS) is 29.4. The number of imidazole rings is 1. The molecule has 1 aliphatic carbocycles. The molecule has 1 heterocycles. The molecular weight excluding hydrogens is 383 g/mol. The lowest BCUT2D eigenvalue weighted by Gasteiger charge is -2.19. The Morgan fingerprint density at radius 2 is 1.90 bits per heavy atom. The van der Waals surface area contributed by atoms with Crippen molar-refractivity contribution in [1.29, 1.82) is 0 Å². The number of aliphatic hydroxyl groups is 3. The van der Waals surface area contributed by atoms with Gasteiger partial charge in [0.25, 0.3) is 0 Å². The molecule has 0 saturated heterocycles. The molecule has 21 heavy (non-hydrogen) atoms. The van der Waals surface area contributed by atoms with Gasteiger partial charge in [-0.15, -0.1) is 0 Å². The molecule has 1 fully saturated rings. The summed E-state index contributed by atoms with van der Waals surface area (Å²) in [4.78, 5) is 4.35. The van der Waals surface area contributed by atoms with Crippen molar-refractivity contribution in [3.05, 3.63) is 26.9 Å². The first kappa shape index (κ1) is 15.5. The second-order valence-corrected chi connectivity index (χ2v) is 6.76. The van der Waals surface area contributed by atoms with E-state index in [-0.39, 0.29) is 12.5 Å². The van der Waals surface area contributed by atoms with E-state index >= 15 is 0 Å². The molecule has 3 unspecified atom stereocenters. The number of hydrogen-bond donors (Lipinski definition) is 3. The Balaban J connectivity index is 2.12. The fourth-order valence-electron chi connectivity index (χ4n) is 2.91. The number of rotatable bonds is 2. The van der Waals surface area contributed by atoms with Crippen LogP contribution >= 0.6 is 39.1 Å². The van der Waals surface area contributed by atoms with Gasteiger partial charge in [0.1, 0.15) is 6.10 Å². The van der Waals surface area contributed by atoms with E-state index in [1.54, 1.807) is 16.7 Å². The Morgan fingerprint density at radius 3 is 2.52 bits per heavy atom. The molecule has 114 valence electrons. The van der Waals surface area contributed by atoms with Gasteiger partial charge in [-0.25, -0.2) is 4.98 Å². The smallest absolute Gasteiger partial charge is 0.178 e. The minimum Gasteiger partial charge on any atom is -0.396 e. The van der Waals surface area contributed by atoms with Crippen LogP contribution in [0.4, 0.5) is 0 Å². The second-order valence-electron chi connectivity index (χ2n) is 5.23. The van der Waals surface area contributed by atoms with Crippen LogP contribution in [0, 0.1) is 5.92 Å². The Kier molecular flexibility index (Phi) is 4.20. The summed E-state index contributed by atoms with van der Waals surface area (Å²) < 4.78 is 2.30. The van der Waals surface area contributed by atoms with Gasteiger partial charge in [0.05, 0.1) is 33.2 Å². The van der Waals surface area contributed by atoms with Gasteiger partial charge in [-0.1, -0.05) is 23.2 Å². The van der Waals surface area contributed by atoms with E-state index in [1.807, 2.05) is 0 Å². The maximum absolute atomic E-state index is 10.2. The molecule has 0 aliphatic heterocycles. The van der Waals surface area contributed by atoms with Crippen LogP contribution in [0.3, 0.4) is 0 Å². The summed E-state index contributed by atoms with van der Waals surface area (Å²) in [6.45, 7) is -0.175. The summed E-state index contributed by atoms with van der Waals surface area (Å²) in [5.74, 6) is -0.364. The Labute approximate surface area is 139 Å². The maximum Gasteiger partial charge on any atom is 0.178 e. The van der Waals surface area contributed by atoms with Crippen LogP contribution < -0.4 is 0 Å². The van der Waals surface area contributed by atoms with Crippen LogP contribution in [0.5, 0.6) is 0 Å². The van der Waals surface area contributed by atoms with Gasteiger partial charge in [-0.05, 0) is 34.5 Å². The zero-order chi connectivity index (χ0) is 15.3. The summed E-state index contributed by atoms with van der Waals surface area (Å²) in [6.07, 6.45) is -1.50. The number of aliphatic hydroxyl groups excluding tert-OH is 3. The molecule has 3 N–H and O–H groups in total.